The lowest BCUT2D eigenvalue weighted by atomic mass is 9.70. The maximum Gasteiger partial charge on any atom is 0.0598 e. The Hall–Kier alpha value is -0.0800. The molecule has 0 spiro atoms. The van der Waals surface area contributed by atoms with Crippen LogP contribution in [0.3, 0.4) is 0 Å². The molecule has 1 N–H and O–H groups in total. The van der Waals surface area contributed by atoms with Crippen LogP contribution in [0.25, 0.3) is 0 Å². The van der Waals surface area contributed by atoms with Crippen molar-refractivity contribution in [3.05, 3.63) is 0 Å². The molecule has 0 unspecified atom stereocenters. The van der Waals surface area contributed by atoms with Gasteiger partial charge in [-0.3, -0.25) is 0 Å². The summed E-state index contributed by atoms with van der Waals surface area (Å²) in [5.74, 6) is 0. The van der Waals surface area contributed by atoms with Crippen molar-refractivity contribution in [1.82, 2.24) is 0 Å². The molecule has 0 aromatic heterocycles. The van der Waals surface area contributed by atoms with Gasteiger partial charge in [-0.2, -0.15) is 0 Å². The predicted octanol–water partition coefficient (Wildman–Crippen LogP) is 1.96. The van der Waals surface area contributed by atoms with Gasteiger partial charge in [0.15, 0.2) is 0 Å². The molecule has 1 fully saturated rings. The van der Waals surface area contributed by atoms with Gasteiger partial charge in [0.2, 0.25) is 0 Å². The largest absolute Gasteiger partial charge is 0.396 e. The summed E-state index contributed by atoms with van der Waals surface area (Å²) in [5, 5.41) is 9.15. The van der Waals surface area contributed by atoms with Crippen LogP contribution in [0, 0.1) is 5.41 Å². The third-order valence-electron chi connectivity index (χ3n) is 2.56. The molecule has 0 saturated heterocycles. The van der Waals surface area contributed by atoms with Gasteiger partial charge in [-0.1, -0.05) is 6.42 Å². The molecule has 0 aromatic carbocycles. The smallest absolute Gasteiger partial charge is 0.0598 e. The Morgan fingerprint density at radius 2 is 1.92 bits per heavy atom. The molecule has 0 amide bonds. The van der Waals surface area contributed by atoms with Gasteiger partial charge >= 0.3 is 0 Å². The van der Waals surface area contributed by atoms with E-state index < -0.39 is 0 Å². The van der Waals surface area contributed by atoms with Gasteiger partial charge < -0.3 is 9.84 Å². The summed E-state index contributed by atoms with van der Waals surface area (Å²) < 4.78 is 5.67. The topological polar surface area (TPSA) is 29.5 Å². The van der Waals surface area contributed by atoms with E-state index >= 15 is 0 Å². The molecule has 0 atom stereocenters. The van der Waals surface area contributed by atoms with Crippen molar-refractivity contribution in [2.24, 2.45) is 5.41 Å². The highest BCUT2D eigenvalue weighted by Gasteiger charge is 2.37. The van der Waals surface area contributed by atoms with Crippen LogP contribution in [0.15, 0.2) is 0 Å². The van der Waals surface area contributed by atoms with Gasteiger partial charge in [0.1, 0.15) is 0 Å². The molecule has 0 aliphatic heterocycles. The summed E-state index contributed by atoms with van der Waals surface area (Å²) in [7, 11) is 0. The van der Waals surface area contributed by atoms with Crippen LogP contribution >= 0.6 is 0 Å². The number of aliphatic hydroxyl groups is 1. The van der Waals surface area contributed by atoms with Gasteiger partial charge in [-0.25, -0.2) is 0 Å². The second-order valence-corrected chi connectivity index (χ2v) is 4.91. The Bertz CT molecular complexity index is 137. The first kappa shape index (κ1) is 10.0. The Morgan fingerprint density at radius 3 is 2.17 bits per heavy atom. The highest BCUT2D eigenvalue weighted by Crippen LogP contribution is 2.41. The second kappa shape index (κ2) is 3.35. The molecule has 0 radical (unpaired) electrons. The monoisotopic (exact) mass is 172 g/mol. The number of hydrogen-bond donors (Lipinski definition) is 1. The number of ether oxygens (including phenoxy) is 1. The van der Waals surface area contributed by atoms with E-state index in [2.05, 4.69) is 20.8 Å². The highest BCUT2D eigenvalue weighted by molar-refractivity contribution is 4.87. The summed E-state index contributed by atoms with van der Waals surface area (Å²) in [4.78, 5) is 0. The van der Waals surface area contributed by atoms with Crippen molar-refractivity contribution in [2.45, 2.75) is 45.6 Å². The minimum absolute atomic E-state index is 0.0717. The summed E-state index contributed by atoms with van der Waals surface area (Å²) in [6.45, 7) is 7.15. The summed E-state index contributed by atoms with van der Waals surface area (Å²) in [5.41, 5.74) is 0.0328. The van der Waals surface area contributed by atoms with Crippen molar-refractivity contribution < 1.29 is 9.84 Å². The Balaban J connectivity index is 2.30. The quantitative estimate of drug-likeness (QED) is 0.705. The van der Waals surface area contributed by atoms with E-state index in [1.165, 1.54) is 6.42 Å². The molecule has 72 valence electrons. The van der Waals surface area contributed by atoms with Crippen molar-refractivity contribution >= 4 is 0 Å². The fourth-order valence-electron chi connectivity index (χ4n) is 1.39. The van der Waals surface area contributed by atoms with Crippen LogP contribution in [0.1, 0.15) is 40.0 Å². The lowest BCUT2D eigenvalue weighted by Crippen LogP contribution is -2.40. The molecule has 0 bridgehead atoms. The minimum atomic E-state index is -0.0717. The van der Waals surface area contributed by atoms with E-state index in [4.69, 9.17) is 9.84 Å². The lowest BCUT2D eigenvalue weighted by Gasteiger charge is -2.41. The fourth-order valence-corrected chi connectivity index (χ4v) is 1.39. The van der Waals surface area contributed by atoms with Gasteiger partial charge in [-0.05, 0) is 33.6 Å². The Kier molecular flexibility index (Phi) is 2.79. The molecule has 12 heavy (non-hydrogen) atoms. The van der Waals surface area contributed by atoms with E-state index in [0.717, 1.165) is 12.8 Å². The third-order valence-corrected chi connectivity index (χ3v) is 2.56. The molecule has 1 aliphatic rings. The Labute approximate surface area is 74.9 Å². The van der Waals surface area contributed by atoms with E-state index in [1.807, 2.05) is 0 Å². The average molecular weight is 172 g/mol. The van der Waals surface area contributed by atoms with Gasteiger partial charge in [0, 0.05) is 5.41 Å². The van der Waals surface area contributed by atoms with Crippen molar-refractivity contribution in [3.63, 3.8) is 0 Å². The summed E-state index contributed by atoms with van der Waals surface area (Å²) >= 11 is 0. The van der Waals surface area contributed by atoms with E-state index in [1.54, 1.807) is 0 Å². The molecule has 1 saturated carbocycles. The van der Waals surface area contributed by atoms with Gasteiger partial charge in [0.25, 0.3) is 0 Å². The molecule has 0 heterocycles. The van der Waals surface area contributed by atoms with Crippen molar-refractivity contribution in [1.29, 1.82) is 0 Å². The number of hydrogen-bond acceptors (Lipinski definition) is 2. The lowest BCUT2D eigenvalue weighted by molar-refractivity contribution is -0.0967. The average Bonchev–Trinajstić information content (AvgIpc) is 1.84. The molecule has 2 heteroatoms. The van der Waals surface area contributed by atoms with Crippen LogP contribution in [-0.2, 0) is 4.74 Å². The van der Waals surface area contributed by atoms with Crippen molar-refractivity contribution in [3.8, 4) is 0 Å². The summed E-state index contributed by atoms with van der Waals surface area (Å²) in [6, 6.07) is 0. The van der Waals surface area contributed by atoms with Gasteiger partial charge in [-0.15, -0.1) is 0 Å². The standard InChI is InChI=1S/C10H20O2/c1-9(2,3)12-8-10(7-11)5-4-6-10/h11H,4-8H2,1-3H3. The second-order valence-electron chi connectivity index (χ2n) is 4.91. The molecular weight excluding hydrogens is 152 g/mol. The van der Waals surface area contributed by atoms with Crippen LogP contribution < -0.4 is 0 Å². The van der Waals surface area contributed by atoms with Crippen molar-refractivity contribution in [2.75, 3.05) is 13.2 Å². The predicted molar refractivity (Wildman–Crippen MR) is 49.1 cm³/mol. The molecule has 1 aliphatic carbocycles. The molecule has 0 aromatic rings. The molecular formula is C10H20O2. The maximum atomic E-state index is 9.15. The van der Waals surface area contributed by atoms with E-state index in [0.29, 0.717) is 6.61 Å². The third kappa shape index (κ3) is 2.46. The summed E-state index contributed by atoms with van der Waals surface area (Å²) in [6.07, 6.45) is 3.49. The zero-order valence-electron chi connectivity index (χ0n) is 8.39. The SMILES string of the molecule is CC(C)(C)OCC1(CO)CCC1. The van der Waals surface area contributed by atoms with Crippen LogP contribution in [-0.4, -0.2) is 23.9 Å². The van der Waals surface area contributed by atoms with E-state index in [9.17, 15) is 0 Å². The zero-order chi connectivity index (χ0) is 9.24. The maximum absolute atomic E-state index is 9.15. The first-order valence-electron chi connectivity index (χ1n) is 4.72. The number of aliphatic hydroxyl groups excluding tert-OH is 1. The molecule has 2 nitrogen and oxygen atoms in total. The Morgan fingerprint density at radius 1 is 1.33 bits per heavy atom. The first-order chi connectivity index (χ1) is 5.47. The fraction of sp³-hybridized carbons (Fsp3) is 1.00. The first-order valence-corrected chi connectivity index (χ1v) is 4.72. The molecule has 1 rings (SSSR count). The minimum Gasteiger partial charge on any atom is -0.396 e. The normalized spacial score (nSPS) is 22.0. The van der Waals surface area contributed by atoms with E-state index in [-0.39, 0.29) is 17.6 Å². The zero-order valence-corrected chi connectivity index (χ0v) is 8.39. The van der Waals surface area contributed by atoms with Crippen LogP contribution in [0.5, 0.6) is 0 Å². The highest BCUT2D eigenvalue weighted by atomic mass is 16.5. The number of rotatable bonds is 3. The van der Waals surface area contributed by atoms with Crippen LogP contribution in [0.2, 0.25) is 0 Å². The van der Waals surface area contributed by atoms with Crippen LogP contribution in [0.4, 0.5) is 0 Å². The van der Waals surface area contributed by atoms with Gasteiger partial charge in [0.05, 0.1) is 18.8 Å².